The minimum Gasteiger partial charge on any atom is -0.303 e. The molecular weight excluding hydrogens is 337 g/mol. The van der Waals surface area contributed by atoms with Crippen molar-refractivity contribution in [2.24, 2.45) is 11.8 Å². The van der Waals surface area contributed by atoms with E-state index in [9.17, 15) is 4.79 Å². The summed E-state index contributed by atoms with van der Waals surface area (Å²) in [5, 5.41) is 0. The summed E-state index contributed by atoms with van der Waals surface area (Å²) < 4.78 is 15.7. The summed E-state index contributed by atoms with van der Waals surface area (Å²) in [6.45, 7) is 7.44. The molecule has 1 aliphatic heterocycles. The minimum atomic E-state index is -1.67. The number of hydrogen-bond acceptors (Lipinski definition) is 2. The topological polar surface area (TPSA) is 20.3 Å². The second-order valence-corrected chi connectivity index (χ2v) is 9.52. The number of nitrogens with zero attached hydrogens (tertiary/aromatic N) is 1. The van der Waals surface area contributed by atoms with Gasteiger partial charge in [0.05, 0.1) is 0 Å². The van der Waals surface area contributed by atoms with Gasteiger partial charge in [-0.05, 0) is 93.6 Å². The van der Waals surface area contributed by atoms with Crippen LogP contribution in [0, 0.1) is 25.7 Å². The predicted molar refractivity (Wildman–Crippen MR) is 108 cm³/mol. The number of carbonyl (C=O) groups is 1. The highest BCUT2D eigenvalue weighted by Crippen LogP contribution is 2.41. The van der Waals surface area contributed by atoms with E-state index in [1.165, 1.54) is 38.6 Å². The third-order valence-corrected chi connectivity index (χ3v) is 7.40. The summed E-state index contributed by atoms with van der Waals surface area (Å²) in [5.41, 5.74) is 2.12. The van der Waals surface area contributed by atoms with Crippen LogP contribution in [0.1, 0.15) is 78.4 Å². The summed E-state index contributed by atoms with van der Waals surface area (Å²) in [4.78, 5) is 15.4. The van der Waals surface area contributed by atoms with Gasteiger partial charge in [0.2, 0.25) is 5.78 Å². The molecule has 0 spiro atoms. The Hall–Kier alpha value is -1.22. The highest BCUT2D eigenvalue weighted by atomic mass is 19.1. The van der Waals surface area contributed by atoms with Gasteiger partial charge in [-0.1, -0.05) is 25.3 Å². The lowest BCUT2D eigenvalue weighted by Crippen LogP contribution is -2.41. The molecule has 1 unspecified atom stereocenters. The zero-order chi connectivity index (χ0) is 19.0. The number of Topliss-reactive ketones (excluding diaryl/α,β-unsaturated/α-hetero) is 1. The lowest BCUT2D eigenvalue weighted by atomic mass is 9.82. The number of ketones is 1. The van der Waals surface area contributed by atoms with Crippen molar-refractivity contribution in [3.05, 3.63) is 34.4 Å². The van der Waals surface area contributed by atoms with E-state index in [-0.39, 0.29) is 12.2 Å². The molecule has 2 fully saturated rings. The third-order valence-electron chi connectivity index (χ3n) is 7.40. The normalized spacial score (nSPS) is 27.9. The Kier molecular flexibility index (Phi) is 5.42. The highest BCUT2D eigenvalue weighted by molar-refractivity contribution is 6.07. The number of hydrogen-bond donors (Lipinski definition) is 0. The zero-order valence-corrected chi connectivity index (χ0v) is 17.0. The number of piperidine rings is 1. The summed E-state index contributed by atoms with van der Waals surface area (Å²) in [6, 6.07) is 3.93. The van der Waals surface area contributed by atoms with Crippen molar-refractivity contribution < 1.29 is 9.18 Å². The fourth-order valence-electron chi connectivity index (χ4n) is 5.59. The van der Waals surface area contributed by atoms with Crippen LogP contribution in [-0.2, 0) is 6.42 Å². The lowest BCUT2D eigenvalue weighted by molar-refractivity contribution is 0.0577. The van der Waals surface area contributed by atoms with Gasteiger partial charge in [0, 0.05) is 18.5 Å². The van der Waals surface area contributed by atoms with Crippen molar-refractivity contribution in [2.45, 2.75) is 77.3 Å². The SMILES string of the molecule is Cc1cc2c(cc1C)C(=O)C(F)(CC1CCN(CC3CCCCC3)CC1)C2. The predicted octanol–water partition coefficient (Wildman–Crippen LogP) is 5.43. The van der Waals surface area contributed by atoms with Gasteiger partial charge in [-0.3, -0.25) is 4.79 Å². The number of benzene rings is 1. The summed E-state index contributed by atoms with van der Waals surface area (Å²) in [6.07, 6.45) is 9.76. The van der Waals surface area contributed by atoms with Crippen LogP contribution in [0.2, 0.25) is 0 Å². The third kappa shape index (κ3) is 3.99. The second-order valence-electron chi connectivity index (χ2n) is 9.52. The van der Waals surface area contributed by atoms with E-state index in [0.717, 1.165) is 48.5 Å². The van der Waals surface area contributed by atoms with Gasteiger partial charge in [0.1, 0.15) is 0 Å². The van der Waals surface area contributed by atoms with E-state index < -0.39 is 5.67 Å². The zero-order valence-electron chi connectivity index (χ0n) is 17.0. The van der Waals surface area contributed by atoms with Crippen molar-refractivity contribution in [3.8, 4) is 0 Å². The van der Waals surface area contributed by atoms with E-state index in [2.05, 4.69) is 4.90 Å². The number of halogens is 1. The summed E-state index contributed by atoms with van der Waals surface area (Å²) in [7, 11) is 0. The average Bonchev–Trinajstić information content (AvgIpc) is 2.88. The summed E-state index contributed by atoms with van der Waals surface area (Å²) >= 11 is 0. The Morgan fingerprint density at radius 2 is 1.67 bits per heavy atom. The number of aryl methyl sites for hydroxylation is 2. The van der Waals surface area contributed by atoms with Crippen LogP contribution < -0.4 is 0 Å². The molecule has 148 valence electrons. The van der Waals surface area contributed by atoms with Gasteiger partial charge in [0.25, 0.3) is 0 Å². The second kappa shape index (κ2) is 7.66. The molecule has 0 radical (unpaired) electrons. The van der Waals surface area contributed by atoms with Crippen molar-refractivity contribution in [1.29, 1.82) is 0 Å². The first-order valence-corrected chi connectivity index (χ1v) is 11.0. The Bertz CT molecular complexity index is 701. The first-order chi connectivity index (χ1) is 12.9. The smallest absolute Gasteiger partial charge is 0.200 e. The first-order valence-electron chi connectivity index (χ1n) is 11.0. The first kappa shape index (κ1) is 19.1. The Labute approximate surface area is 163 Å². The maximum atomic E-state index is 15.7. The van der Waals surface area contributed by atoms with Crippen molar-refractivity contribution in [1.82, 2.24) is 4.90 Å². The van der Waals surface area contributed by atoms with Crippen LogP contribution in [0.25, 0.3) is 0 Å². The van der Waals surface area contributed by atoms with Crippen LogP contribution in [0.4, 0.5) is 4.39 Å². The molecule has 2 nitrogen and oxygen atoms in total. The van der Waals surface area contributed by atoms with E-state index in [1.807, 2.05) is 26.0 Å². The standard InChI is InChI=1S/C24H34FNO/c1-17-12-21-15-24(25,23(27)22(21)13-18(17)2)14-19-8-10-26(11-9-19)16-20-6-4-3-5-7-20/h12-13,19-20H,3-11,14-16H2,1-2H3. The maximum Gasteiger partial charge on any atom is 0.200 e. The van der Waals surface area contributed by atoms with Gasteiger partial charge < -0.3 is 4.90 Å². The highest BCUT2D eigenvalue weighted by Gasteiger charge is 2.47. The Balaban J connectivity index is 1.33. The molecular formula is C24H34FNO. The number of likely N-dealkylation sites (tertiary alicyclic amines) is 1. The largest absolute Gasteiger partial charge is 0.303 e. The molecule has 1 aromatic rings. The molecule has 0 amide bonds. The molecule has 27 heavy (non-hydrogen) atoms. The van der Waals surface area contributed by atoms with Crippen LogP contribution in [0.5, 0.6) is 0 Å². The van der Waals surface area contributed by atoms with E-state index in [1.54, 1.807) is 0 Å². The van der Waals surface area contributed by atoms with E-state index in [0.29, 0.717) is 17.9 Å². The summed E-state index contributed by atoms with van der Waals surface area (Å²) in [5.74, 6) is 0.962. The maximum absolute atomic E-state index is 15.7. The fraction of sp³-hybridized carbons (Fsp3) is 0.708. The van der Waals surface area contributed by atoms with Gasteiger partial charge in [-0.2, -0.15) is 0 Å². The molecule has 1 atom stereocenters. The monoisotopic (exact) mass is 371 g/mol. The van der Waals surface area contributed by atoms with Crippen LogP contribution in [0.15, 0.2) is 12.1 Å². The quantitative estimate of drug-likeness (QED) is 0.703. The van der Waals surface area contributed by atoms with E-state index >= 15 is 4.39 Å². The molecule has 0 aromatic heterocycles. The Morgan fingerprint density at radius 1 is 1.00 bits per heavy atom. The molecule has 1 heterocycles. The number of carbonyl (C=O) groups excluding carboxylic acids is 1. The fourth-order valence-corrected chi connectivity index (χ4v) is 5.59. The van der Waals surface area contributed by atoms with Gasteiger partial charge in [0.15, 0.2) is 5.67 Å². The molecule has 1 saturated heterocycles. The van der Waals surface area contributed by atoms with E-state index in [4.69, 9.17) is 0 Å². The van der Waals surface area contributed by atoms with Crippen LogP contribution in [-0.4, -0.2) is 36.0 Å². The number of rotatable bonds is 4. The molecule has 0 bridgehead atoms. The van der Waals surface area contributed by atoms with Gasteiger partial charge in [-0.15, -0.1) is 0 Å². The molecule has 1 saturated carbocycles. The number of fused-ring (bicyclic) bond motifs is 1. The van der Waals surface area contributed by atoms with Crippen molar-refractivity contribution >= 4 is 5.78 Å². The lowest BCUT2D eigenvalue weighted by Gasteiger charge is -2.36. The van der Waals surface area contributed by atoms with Gasteiger partial charge >= 0.3 is 0 Å². The van der Waals surface area contributed by atoms with Crippen LogP contribution >= 0.6 is 0 Å². The van der Waals surface area contributed by atoms with Crippen LogP contribution in [0.3, 0.4) is 0 Å². The molecule has 0 N–H and O–H groups in total. The molecule has 3 heteroatoms. The average molecular weight is 372 g/mol. The van der Waals surface area contributed by atoms with Crippen molar-refractivity contribution in [3.63, 3.8) is 0 Å². The molecule has 2 aliphatic carbocycles. The minimum absolute atomic E-state index is 0.259. The molecule has 4 rings (SSSR count). The molecule has 1 aromatic carbocycles. The van der Waals surface area contributed by atoms with Crippen molar-refractivity contribution in [2.75, 3.05) is 19.6 Å². The number of alkyl halides is 1. The molecule has 3 aliphatic rings. The van der Waals surface area contributed by atoms with Gasteiger partial charge in [-0.25, -0.2) is 4.39 Å². The Morgan fingerprint density at radius 3 is 2.37 bits per heavy atom.